The highest BCUT2D eigenvalue weighted by Crippen LogP contribution is 2.12. The van der Waals surface area contributed by atoms with Crippen LogP contribution < -0.4 is 0 Å². The molecule has 0 aliphatic heterocycles. The molecular weight excluding hydrogens is 203 g/mol. The Bertz CT molecular complexity index is 474. The molecule has 84 valence electrons. The number of nitrogens with zero attached hydrogens (tertiary/aromatic N) is 2. The molecule has 0 amide bonds. The van der Waals surface area contributed by atoms with Crippen LogP contribution in [0.3, 0.4) is 0 Å². The van der Waals surface area contributed by atoms with Gasteiger partial charge in [-0.2, -0.15) is 0 Å². The van der Waals surface area contributed by atoms with Crippen LogP contribution in [0.15, 0.2) is 36.8 Å². The Balaban J connectivity index is 2.14. The topological polar surface area (TPSA) is 17.8 Å². The van der Waals surface area contributed by atoms with E-state index in [1.54, 1.807) is 18.5 Å². The molecule has 0 saturated carbocycles. The summed E-state index contributed by atoms with van der Waals surface area (Å²) < 4.78 is 15.0. The molecule has 2 nitrogen and oxygen atoms in total. The lowest BCUT2D eigenvalue weighted by Crippen LogP contribution is -1.96. The maximum absolute atomic E-state index is 13.0. The maximum atomic E-state index is 13.0. The van der Waals surface area contributed by atoms with Gasteiger partial charge < -0.3 is 4.57 Å². The molecule has 16 heavy (non-hydrogen) atoms. The number of rotatable bonds is 3. The van der Waals surface area contributed by atoms with Gasteiger partial charge in [-0.3, -0.25) is 0 Å². The van der Waals surface area contributed by atoms with Gasteiger partial charge in [0, 0.05) is 12.7 Å². The number of hydrogen-bond donors (Lipinski definition) is 0. The third-order valence-corrected chi connectivity index (χ3v) is 2.50. The molecule has 1 heterocycles. The van der Waals surface area contributed by atoms with Crippen LogP contribution in [0.4, 0.5) is 4.39 Å². The summed E-state index contributed by atoms with van der Waals surface area (Å²) in [6.45, 7) is 4.88. The molecule has 0 atom stereocenters. The summed E-state index contributed by atoms with van der Waals surface area (Å²) in [5.74, 6) is 0.232. The second-order valence-corrected chi connectivity index (χ2v) is 4.26. The molecule has 3 heteroatoms. The van der Waals surface area contributed by atoms with E-state index in [1.165, 1.54) is 6.07 Å². The van der Waals surface area contributed by atoms with E-state index in [0.717, 1.165) is 11.3 Å². The summed E-state index contributed by atoms with van der Waals surface area (Å²) in [5, 5.41) is 0. The van der Waals surface area contributed by atoms with Gasteiger partial charge in [0.05, 0.1) is 12.0 Å². The molecule has 1 aromatic heterocycles. The summed E-state index contributed by atoms with van der Waals surface area (Å²) in [4.78, 5) is 4.30. The lowest BCUT2D eigenvalue weighted by Gasteiger charge is -2.02. The van der Waals surface area contributed by atoms with Crippen LogP contribution in [0.1, 0.15) is 31.0 Å². The van der Waals surface area contributed by atoms with E-state index in [-0.39, 0.29) is 5.82 Å². The summed E-state index contributed by atoms with van der Waals surface area (Å²) in [6.07, 6.45) is 3.80. The van der Waals surface area contributed by atoms with Gasteiger partial charge in [0.1, 0.15) is 5.82 Å². The normalized spacial score (nSPS) is 11.0. The van der Waals surface area contributed by atoms with Crippen molar-refractivity contribution >= 4 is 0 Å². The number of benzene rings is 1. The Hall–Kier alpha value is -1.64. The van der Waals surface area contributed by atoms with Crippen molar-refractivity contribution < 1.29 is 4.39 Å². The minimum Gasteiger partial charge on any atom is -0.333 e. The van der Waals surface area contributed by atoms with Crippen molar-refractivity contribution in [2.45, 2.75) is 26.3 Å². The van der Waals surface area contributed by atoms with Crippen LogP contribution in [-0.4, -0.2) is 9.55 Å². The van der Waals surface area contributed by atoms with Crippen molar-refractivity contribution in [2.75, 3.05) is 0 Å². The van der Waals surface area contributed by atoms with Gasteiger partial charge in [0.2, 0.25) is 0 Å². The third kappa shape index (κ3) is 2.48. The van der Waals surface area contributed by atoms with Crippen molar-refractivity contribution in [3.05, 3.63) is 53.9 Å². The van der Waals surface area contributed by atoms with Crippen molar-refractivity contribution in [1.29, 1.82) is 0 Å². The molecule has 0 fully saturated rings. The first-order chi connectivity index (χ1) is 7.65. The molecular formula is C13H15FN2. The van der Waals surface area contributed by atoms with Gasteiger partial charge in [0.15, 0.2) is 0 Å². The molecule has 2 aromatic rings. The van der Waals surface area contributed by atoms with Crippen molar-refractivity contribution in [3.8, 4) is 0 Å². The fraction of sp³-hybridized carbons (Fsp3) is 0.308. The average molecular weight is 218 g/mol. The van der Waals surface area contributed by atoms with Gasteiger partial charge in [-0.05, 0) is 23.6 Å². The van der Waals surface area contributed by atoms with Crippen LogP contribution in [0.5, 0.6) is 0 Å². The average Bonchev–Trinajstić information content (AvgIpc) is 2.66. The van der Waals surface area contributed by atoms with Crippen molar-refractivity contribution in [1.82, 2.24) is 9.55 Å². The largest absolute Gasteiger partial charge is 0.333 e. The van der Waals surface area contributed by atoms with E-state index in [4.69, 9.17) is 0 Å². The van der Waals surface area contributed by atoms with Crippen molar-refractivity contribution in [2.24, 2.45) is 0 Å². The second-order valence-electron chi connectivity index (χ2n) is 4.26. The van der Waals surface area contributed by atoms with Gasteiger partial charge in [-0.1, -0.05) is 26.0 Å². The summed E-state index contributed by atoms with van der Waals surface area (Å²) >= 11 is 0. The number of hydrogen-bond acceptors (Lipinski definition) is 1. The van der Waals surface area contributed by atoms with Gasteiger partial charge in [-0.25, -0.2) is 9.37 Å². The highest BCUT2D eigenvalue weighted by atomic mass is 19.1. The standard InChI is InChI=1S/C13H15FN2/c1-10(2)13-8-16(9-15-13)7-11-4-3-5-12(14)6-11/h3-6,8-10H,7H2,1-2H3. The molecule has 0 spiro atoms. The smallest absolute Gasteiger partial charge is 0.123 e. The Morgan fingerprint density at radius 1 is 1.38 bits per heavy atom. The summed E-state index contributed by atoms with van der Waals surface area (Å²) in [5.41, 5.74) is 2.02. The molecule has 1 aromatic carbocycles. The van der Waals surface area contributed by atoms with Crippen LogP contribution in [-0.2, 0) is 6.54 Å². The SMILES string of the molecule is CC(C)c1cn(Cc2cccc(F)c2)cn1. The fourth-order valence-electron chi connectivity index (χ4n) is 1.61. The minimum atomic E-state index is -0.193. The first-order valence-corrected chi connectivity index (χ1v) is 5.41. The highest BCUT2D eigenvalue weighted by molar-refractivity contribution is 5.17. The molecule has 0 saturated heterocycles. The number of halogens is 1. The van der Waals surface area contributed by atoms with E-state index >= 15 is 0 Å². The lowest BCUT2D eigenvalue weighted by atomic mass is 10.1. The van der Waals surface area contributed by atoms with Gasteiger partial charge in [-0.15, -0.1) is 0 Å². The van der Waals surface area contributed by atoms with Crippen LogP contribution in [0, 0.1) is 5.82 Å². The van der Waals surface area contributed by atoms with E-state index in [0.29, 0.717) is 12.5 Å². The first-order valence-electron chi connectivity index (χ1n) is 5.41. The Morgan fingerprint density at radius 2 is 2.19 bits per heavy atom. The van der Waals surface area contributed by atoms with Crippen LogP contribution >= 0.6 is 0 Å². The zero-order valence-electron chi connectivity index (χ0n) is 9.52. The molecule has 0 aliphatic carbocycles. The number of aromatic nitrogens is 2. The molecule has 0 bridgehead atoms. The van der Waals surface area contributed by atoms with Crippen LogP contribution in [0.2, 0.25) is 0 Å². The fourth-order valence-corrected chi connectivity index (χ4v) is 1.61. The molecule has 0 aliphatic rings. The van der Waals surface area contributed by atoms with E-state index in [2.05, 4.69) is 18.8 Å². The molecule has 0 N–H and O–H groups in total. The van der Waals surface area contributed by atoms with Crippen LogP contribution in [0.25, 0.3) is 0 Å². The second kappa shape index (κ2) is 4.47. The predicted molar refractivity (Wildman–Crippen MR) is 61.8 cm³/mol. The van der Waals surface area contributed by atoms with E-state index in [9.17, 15) is 4.39 Å². The monoisotopic (exact) mass is 218 g/mol. The van der Waals surface area contributed by atoms with E-state index < -0.39 is 0 Å². The predicted octanol–water partition coefficient (Wildman–Crippen LogP) is 3.19. The van der Waals surface area contributed by atoms with Gasteiger partial charge >= 0.3 is 0 Å². The molecule has 0 unspecified atom stereocenters. The molecule has 2 rings (SSSR count). The highest BCUT2D eigenvalue weighted by Gasteiger charge is 2.03. The lowest BCUT2D eigenvalue weighted by molar-refractivity contribution is 0.623. The zero-order chi connectivity index (χ0) is 11.5. The third-order valence-electron chi connectivity index (χ3n) is 2.50. The number of imidazole rings is 1. The molecule has 0 radical (unpaired) electrons. The Kier molecular flexibility index (Phi) is 3.04. The Labute approximate surface area is 94.8 Å². The zero-order valence-corrected chi connectivity index (χ0v) is 9.52. The Morgan fingerprint density at radius 3 is 2.81 bits per heavy atom. The first kappa shape index (κ1) is 10.9. The maximum Gasteiger partial charge on any atom is 0.123 e. The van der Waals surface area contributed by atoms with Gasteiger partial charge in [0.25, 0.3) is 0 Å². The minimum absolute atomic E-state index is 0.193. The van der Waals surface area contributed by atoms with E-state index in [1.807, 2.05) is 16.8 Å². The quantitative estimate of drug-likeness (QED) is 0.773. The summed E-state index contributed by atoms with van der Waals surface area (Å²) in [6, 6.07) is 6.65. The summed E-state index contributed by atoms with van der Waals surface area (Å²) in [7, 11) is 0. The van der Waals surface area contributed by atoms with Crippen molar-refractivity contribution in [3.63, 3.8) is 0 Å².